The number of hydrogen-bond acceptors (Lipinski definition) is 15. The summed E-state index contributed by atoms with van der Waals surface area (Å²) in [6.07, 6.45) is 62.3. The Morgan fingerprint density at radius 1 is 0.280 bits per heavy atom. The molecule has 19 heteroatoms. The van der Waals surface area contributed by atoms with Gasteiger partial charge in [0.25, 0.3) is 0 Å². The standard InChI is InChI=1S/C81H158O17P2/c1-7-11-13-15-17-19-20-21-22-23-31-36-41-47-53-59-65-80(85)97-76(69-91-78(83)63-57-51-45-18-16-14-12-8-2)71-95-99(87,88)93-67-75(82)68-94-100(89,90)96-72-77(98-81(86)66-60-54-48-42-37-32-27-25-29-34-39-44-50-56-62-74(6)10-4)70-92-79(84)64-58-52-46-40-35-30-26-24-28-33-38-43-49-55-61-73(5)9-3/h73-77,82H,7-72H2,1-6H3,(H,87,88)(H,89,90)/t73?,74?,75-,76+,77+/m0/s1. The van der Waals surface area contributed by atoms with Gasteiger partial charge < -0.3 is 33.8 Å². The molecular weight excluding hydrogens is 1310 g/mol. The molecule has 0 aromatic rings. The Labute approximate surface area is 613 Å². The summed E-state index contributed by atoms with van der Waals surface area (Å²) < 4.78 is 68.7. The SMILES string of the molecule is CCCCCCCCCCCCCCCCCCC(=O)O[C@H](COC(=O)CCCCCCCCCC)COP(=O)(O)OC[C@H](O)COP(=O)(O)OC[C@@H](COC(=O)CCCCCCCCCCCCCCCCC(C)CC)OC(=O)CCCCCCCCCCCCCCCCC(C)CC. The van der Waals surface area contributed by atoms with Gasteiger partial charge in [-0.15, -0.1) is 0 Å². The fraction of sp³-hybridized carbons (Fsp3) is 0.951. The molecule has 100 heavy (non-hydrogen) atoms. The maximum absolute atomic E-state index is 13.1. The van der Waals surface area contributed by atoms with E-state index in [2.05, 4.69) is 41.5 Å². The first-order valence-electron chi connectivity index (χ1n) is 42.1. The number of phosphoric acid groups is 2. The Balaban J connectivity index is 5.21. The number of rotatable bonds is 80. The molecule has 0 aromatic carbocycles. The zero-order valence-electron chi connectivity index (χ0n) is 65.5. The number of esters is 4. The van der Waals surface area contributed by atoms with Crippen LogP contribution in [0.1, 0.15) is 427 Å². The van der Waals surface area contributed by atoms with Crippen molar-refractivity contribution in [3.63, 3.8) is 0 Å². The van der Waals surface area contributed by atoms with Crippen molar-refractivity contribution in [2.24, 2.45) is 11.8 Å². The number of aliphatic hydroxyl groups excluding tert-OH is 1. The van der Waals surface area contributed by atoms with Gasteiger partial charge in [0.05, 0.1) is 26.4 Å². The van der Waals surface area contributed by atoms with Crippen molar-refractivity contribution < 1.29 is 80.2 Å². The predicted octanol–water partition coefficient (Wildman–Crippen LogP) is 24.3. The second-order valence-electron chi connectivity index (χ2n) is 29.6. The van der Waals surface area contributed by atoms with Gasteiger partial charge in [0.15, 0.2) is 12.2 Å². The Morgan fingerprint density at radius 3 is 0.710 bits per heavy atom. The molecule has 7 atom stereocenters. The van der Waals surface area contributed by atoms with Crippen LogP contribution in [0.4, 0.5) is 0 Å². The van der Waals surface area contributed by atoms with E-state index in [-0.39, 0.29) is 25.7 Å². The first-order valence-corrected chi connectivity index (χ1v) is 45.1. The van der Waals surface area contributed by atoms with Gasteiger partial charge in [-0.05, 0) is 37.5 Å². The summed E-state index contributed by atoms with van der Waals surface area (Å²) in [5.74, 6) is -0.414. The first-order chi connectivity index (χ1) is 48.4. The summed E-state index contributed by atoms with van der Waals surface area (Å²) in [7, 11) is -9.92. The molecule has 4 unspecified atom stereocenters. The Hall–Kier alpha value is -1.94. The molecule has 0 spiro atoms. The average molecular weight is 1470 g/mol. The van der Waals surface area contributed by atoms with E-state index < -0.39 is 97.5 Å². The number of ether oxygens (including phenoxy) is 4. The highest BCUT2D eigenvalue weighted by atomic mass is 31.2. The van der Waals surface area contributed by atoms with Crippen LogP contribution in [-0.2, 0) is 65.4 Å². The van der Waals surface area contributed by atoms with E-state index in [1.807, 2.05) is 0 Å². The van der Waals surface area contributed by atoms with Crippen LogP contribution >= 0.6 is 15.6 Å². The van der Waals surface area contributed by atoms with Crippen LogP contribution in [0.3, 0.4) is 0 Å². The van der Waals surface area contributed by atoms with Gasteiger partial charge in [-0.25, -0.2) is 9.13 Å². The van der Waals surface area contributed by atoms with E-state index >= 15 is 0 Å². The van der Waals surface area contributed by atoms with Gasteiger partial charge in [0.1, 0.15) is 19.3 Å². The number of phosphoric ester groups is 2. The summed E-state index contributed by atoms with van der Waals surface area (Å²) in [5, 5.41) is 10.6. The molecule has 0 saturated carbocycles. The van der Waals surface area contributed by atoms with Crippen molar-refractivity contribution >= 4 is 39.5 Å². The molecule has 0 heterocycles. The molecule has 0 amide bonds. The van der Waals surface area contributed by atoms with E-state index in [1.165, 1.54) is 238 Å². The normalized spacial score (nSPS) is 14.4. The molecule has 0 aromatic heterocycles. The number of carbonyl (C=O) groups is 4. The van der Waals surface area contributed by atoms with Crippen LogP contribution in [-0.4, -0.2) is 96.7 Å². The van der Waals surface area contributed by atoms with Crippen molar-refractivity contribution in [3.8, 4) is 0 Å². The summed E-state index contributed by atoms with van der Waals surface area (Å²) in [5.41, 5.74) is 0. The molecule has 0 saturated heterocycles. The Morgan fingerprint density at radius 2 is 0.480 bits per heavy atom. The van der Waals surface area contributed by atoms with E-state index in [0.717, 1.165) is 108 Å². The first kappa shape index (κ1) is 98.1. The van der Waals surface area contributed by atoms with Gasteiger partial charge in [-0.2, -0.15) is 0 Å². The molecule has 0 aliphatic heterocycles. The van der Waals surface area contributed by atoms with Crippen molar-refractivity contribution in [1.82, 2.24) is 0 Å². The summed E-state index contributed by atoms with van der Waals surface area (Å²) >= 11 is 0. The lowest BCUT2D eigenvalue weighted by atomic mass is 9.99. The van der Waals surface area contributed by atoms with Gasteiger partial charge in [0.2, 0.25) is 0 Å². The summed E-state index contributed by atoms with van der Waals surface area (Å²) in [6.45, 7) is 9.72. The summed E-state index contributed by atoms with van der Waals surface area (Å²) in [4.78, 5) is 73.0. The van der Waals surface area contributed by atoms with Crippen LogP contribution in [0.5, 0.6) is 0 Å². The predicted molar refractivity (Wildman–Crippen MR) is 409 cm³/mol. The number of hydrogen-bond donors (Lipinski definition) is 3. The lowest BCUT2D eigenvalue weighted by Gasteiger charge is -2.21. The molecule has 0 bridgehead atoms. The van der Waals surface area contributed by atoms with Crippen LogP contribution in [0.2, 0.25) is 0 Å². The highest BCUT2D eigenvalue weighted by Crippen LogP contribution is 2.45. The molecule has 17 nitrogen and oxygen atoms in total. The average Bonchev–Trinajstić information content (AvgIpc) is 0.927. The summed E-state index contributed by atoms with van der Waals surface area (Å²) in [6, 6.07) is 0. The van der Waals surface area contributed by atoms with E-state index in [1.54, 1.807) is 0 Å². The van der Waals surface area contributed by atoms with E-state index in [9.17, 15) is 43.2 Å². The van der Waals surface area contributed by atoms with Gasteiger partial charge in [-0.3, -0.25) is 37.3 Å². The second-order valence-corrected chi connectivity index (χ2v) is 32.6. The Bertz CT molecular complexity index is 1930. The minimum absolute atomic E-state index is 0.108. The van der Waals surface area contributed by atoms with Crippen LogP contribution in [0, 0.1) is 11.8 Å². The van der Waals surface area contributed by atoms with Crippen molar-refractivity contribution in [2.45, 2.75) is 445 Å². The highest BCUT2D eigenvalue weighted by Gasteiger charge is 2.30. The minimum Gasteiger partial charge on any atom is -0.462 e. The third-order valence-corrected chi connectivity index (χ3v) is 21.6. The molecule has 0 aliphatic carbocycles. The smallest absolute Gasteiger partial charge is 0.462 e. The zero-order chi connectivity index (χ0) is 73.5. The molecule has 0 aliphatic rings. The third kappa shape index (κ3) is 71.7. The molecule has 0 radical (unpaired) electrons. The molecule has 0 rings (SSSR count). The highest BCUT2D eigenvalue weighted by molar-refractivity contribution is 7.47. The van der Waals surface area contributed by atoms with Crippen LogP contribution in [0.25, 0.3) is 0 Å². The maximum atomic E-state index is 13.1. The van der Waals surface area contributed by atoms with Gasteiger partial charge in [-0.1, -0.05) is 375 Å². The van der Waals surface area contributed by atoms with Crippen molar-refractivity contribution in [3.05, 3.63) is 0 Å². The second kappa shape index (κ2) is 72.6. The fourth-order valence-corrected chi connectivity index (χ4v) is 14.1. The Kier molecular flexibility index (Phi) is 71.2. The minimum atomic E-state index is -4.96. The fourth-order valence-electron chi connectivity index (χ4n) is 12.5. The monoisotopic (exact) mass is 1470 g/mol. The number of unbranched alkanes of at least 4 members (excludes halogenated alkanes) is 48. The maximum Gasteiger partial charge on any atom is 0.472 e. The van der Waals surface area contributed by atoms with E-state index in [4.69, 9.17) is 37.0 Å². The third-order valence-electron chi connectivity index (χ3n) is 19.7. The lowest BCUT2D eigenvalue weighted by Crippen LogP contribution is -2.30. The molecule has 594 valence electrons. The van der Waals surface area contributed by atoms with Crippen LogP contribution in [0.15, 0.2) is 0 Å². The van der Waals surface area contributed by atoms with Gasteiger partial charge >= 0.3 is 39.5 Å². The quantitative estimate of drug-likeness (QED) is 0.0222. The largest absolute Gasteiger partial charge is 0.472 e. The van der Waals surface area contributed by atoms with Crippen molar-refractivity contribution in [1.29, 1.82) is 0 Å². The topological polar surface area (TPSA) is 237 Å². The molecule has 3 N–H and O–H groups in total. The van der Waals surface area contributed by atoms with Gasteiger partial charge in [0, 0.05) is 25.7 Å². The number of carbonyl (C=O) groups excluding carboxylic acids is 4. The lowest BCUT2D eigenvalue weighted by molar-refractivity contribution is -0.161. The van der Waals surface area contributed by atoms with E-state index in [0.29, 0.717) is 25.7 Å². The zero-order valence-corrected chi connectivity index (χ0v) is 67.3. The van der Waals surface area contributed by atoms with Crippen molar-refractivity contribution in [2.75, 3.05) is 39.6 Å². The number of aliphatic hydroxyl groups is 1. The molecular formula is C81H158O17P2. The van der Waals surface area contributed by atoms with Crippen LogP contribution < -0.4 is 0 Å². The molecule has 0 fully saturated rings.